The third kappa shape index (κ3) is 3.01. The van der Waals surface area contributed by atoms with Crippen LogP contribution in [0.5, 0.6) is 0 Å². The van der Waals surface area contributed by atoms with Crippen molar-refractivity contribution in [2.45, 2.75) is 26.2 Å². The van der Waals surface area contributed by atoms with Crippen LogP contribution in [0.1, 0.15) is 26.3 Å². The first-order valence-electron chi connectivity index (χ1n) is 5.29. The summed E-state index contributed by atoms with van der Waals surface area (Å²) in [6, 6.07) is 8.13. The molecule has 90 valence electrons. The highest BCUT2D eigenvalue weighted by atomic mass is 32.2. The summed E-state index contributed by atoms with van der Waals surface area (Å²) in [7, 11) is -0.368. The van der Waals surface area contributed by atoms with Crippen molar-refractivity contribution in [3.05, 3.63) is 29.8 Å². The summed E-state index contributed by atoms with van der Waals surface area (Å²) in [4.78, 5) is 0. The SMILES string of the molecule is C=S(C)(=O)N(C)c1cccc(C(C)(C)C)c1. The maximum absolute atomic E-state index is 11.9. The average Bonchev–Trinajstić information content (AvgIpc) is 2.14. The van der Waals surface area contributed by atoms with Crippen molar-refractivity contribution in [2.24, 2.45) is 0 Å². The monoisotopic (exact) mass is 239 g/mol. The Morgan fingerprint density at radius 2 is 1.88 bits per heavy atom. The van der Waals surface area contributed by atoms with E-state index in [9.17, 15) is 4.21 Å². The van der Waals surface area contributed by atoms with Gasteiger partial charge in [0.25, 0.3) is 0 Å². The van der Waals surface area contributed by atoms with Gasteiger partial charge in [0.2, 0.25) is 0 Å². The van der Waals surface area contributed by atoms with Gasteiger partial charge in [-0.1, -0.05) is 32.9 Å². The van der Waals surface area contributed by atoms with Crippen LogP contribution in [0.4, 0.5) is 5.69 Å². The number of rotatable bonds is 2. The van der Waals surface area contributed by atoms with Crippen LogP contribution in [0.15, 0.2) is 24.3 Å². The standard InChI is InChI=1S/C13H21NOS/c1-13(2,3)11-8-7-9-12(10-11)14(4)16(5,6)15/h7-10H,5H2,1-4,6H3. The highest BCUT2D eigenvalue weighted by Crippen LogP contribution is 2.26. The second-order valence-corrected chi connectivity index (χ2v) is 7.72. The van der Waals surface area contributed by atoms with Crippen LogP contribution in [-0.4, -0.2) is 23.4 Å². The van der Waals surface area contributed by atoms with E-state index in [1.54, 1.807) is 10.6 Å². The normalized spacial score (nSPS) is 15.6. The molecule has 0 fully saturated rings. The van der Waals surface area contributed by atoms with Crippen LogP contribution >= 0.6 is 0 Å². The van der Waals surface area contributed by atoms with E-state index in [0.717, 1.165) is 5.69 Å². The first kappa shape index (κ1) is 13.1. The number of benzene rings is 1. The van der Waals surface area contributed by atoms with Crippen molar-refractivity contribution in [3.63, 3.8) is 0 Å². The van der Waals surface area contributed by atoms with Gasteiger partial charge in [0.15, 0.2) is 0 Å². The number of hydrogen-bond acceptors (Lipinski definition) is 1. The Bertz CT molecular complexity index is 469. The molecule has 0 spiro atoms. The average molecular weight is 239 g/mol. The van der Waals surface area contributed by atoms with Gasteiger partial charge in [-0.05, 0) is 29.0 Å². The molecule has 0 bridgehead atoms. The van der Waals surface area contributed by atoms with Crippen LogP contribution in [-0.2, 0) is 15.1 Å². The molecule has 0 aliphatic heterocycles. The molecule has 1 unspecified atom stereocenters. The Morgan fingerprint density at radius 3 is 2.31 bits per heavy atom. The molecule has 0 amide bonds. The Morgan fingerprint density at radius 1 is 1.31 bits per heavy atom. The van der Waals surface area contributed by atoms with E-state index in [-0.39, 0.29) is 5.41 Å². The highest BCUT2D eigenvalue weighted by Gasteiger charge is 2.15. The van der Waals surface area contributed by atoms with Gasteiger partial charge in [-0.25, -0.2) is 4.21 Å². The van der Waals surface area contributed by atoms with E-state index in [0.29, 0.717) is 0 Å². The first-order valence-corrected chi connectivity index (χ1v) is 7.38. The molecule has 1 aromatic rings. The second-order valence-electron chi connectivity index (χ2n) is 5.26. The molecule has 3 heteroatoms. The van der Waals surface area contributed by atoms with Crippen LogP contribution in [0.2, 0.25) is 0 Å². The van der Waals surface area contributed by atoms with Crippen LogP contribution in [0, 0.1) is 0 Å². The Balaban J connectivity index is 3.19. The zero-order valence-electron chi connectivity index (χ0n) is 10.8. The van der Waals surface area contributed by atoms with Crippen molar-refractivity contribution in [2.75, 3.05) is 17.6 Å². The van der Waals surface area contributed by atoms with E-state index >= 15 is 0 Å². The van der Waals surface area contributed by atoms with E-state index in [4.69, 9.17) is 0 Å². The second kappa shape index (κ2) is 4.13. The Hall–Kier alpha value is -0.960. The molecule has 0 saturated heterocycles. The highest BCUT2D eigenvalue weighted by molar-refractivity contribution is 8.00. The van der Waals surface area contributed by atoms with Crippen molar-refractivity contribution < 1.29 is 4.21 Å². The van der Waals surface area contributed by atoms with E-state index in [1.165, 1.54) is 5.56 Å². The molecule has 1 rings (SSSR count). The van der Waals surface area contributed by atoms with Gasteiger partial charge in [0.1, 0.15) is 0 Å². The summed E-state index contributed by atoms with van der Waals surface area (Å²) in [6.07, 6.45) is 1.65. The summed E-state index contributed by atoms with van der Waals surface area (Å²) in [5.41, 5.74) is 2.29. The largest absolute Gasteiger partial charge is 0.303 e. The summed E-state index contributed by atoms with van der Waals surface area (Å²) in [5, 5.41) is 0. The molecule has 16 heavy (non-hydrogen) atoms. The fraction of sp³-hybridized carbons (Fsp3) is 0.462. The Kier molecular flexibility index (Phi) is 3.38. The van der Waals surface area contributed by atoms with Gasteiger partial charge in [-0.2, -0.15) is 0 Å². The van der Waals surface area contributed by atoms with E-state index in [1.807, 2.05) is 19.2 Å². The number of anilines is 1. The van der Waals surface area contributed by atoms with Gasteiger partial charge in [-0.15, -0.1) is 0 Å². The van der Waals surface area contributed by atoms with Gasteiger partial charge >= 0.3 is 0 Å². The maximum Gasteiger partial charge on any atom is 0.0486 e. The molecule has 0 saturated carbocycles. The number of nitrogens with zero attached hydrogens (tertiary/aromatic N) is 1. The molecule has 0 aliphatic carbocycles. The topological polar surface area (TPSA) is 20.3 Å². The lowest BCUT2D eigenvalue weighted by Gasteiger charge is -2.24. The van der Waals surface area contributed by atoms with Gasteiger partial charge < -0.3 is 4.31 Å². The minimum Gasteiger partial charge on any atom is -0.303 e. The quantitative estimate of drug-likeness (QED) is 0.727. The maximum atomic E-state index is 11.9. The molecular weight excluding hydrogens is 218 g/mol. The third-order valence-corrected chi connectivity index (χ3v) is 4.02. The minimum absolute atomic E-state index is 0.104. The van der Waals surface area contributed by atoms with Crippen molar-refractivity contribution in [3.8, 4) is 0 Å². The van der Waals surface area contributed by atoms with E-state index in [2.05, 4.69) is 38.8 Å². The van der Waals surface area contributed by atoms with Crippen molar-refractivity contribution >= 4 is 21.3 Å². The molecule has 0 radical (unpaired) electrons. The summed E-state index contributed by atoms with van der Waals surface area (Å²) in [5.74, 6) is 3.69. The minimum atomic E-state index is -2.18. The predicted molar refractivity (Wildman–Crippen MR) is 74.7 cm³/mol. The molecule has 0 N–H and O–H groups in total. The van der Waals surface area contributed by atoms with Crippen molar-refractivity contribution in [1.82, 2.24) is 0 Å². The summed E-state index contributed by atoms with van der Waals surface area (Å²) in [6.45, 7) is 6.50. The number of hydrogen-bond donors (Lipinski definition) is 0. The van der Waals surface area contributed by atoms with Crippen LogP contribution in [0.25, 0.3) is 0 Å². The fourth-order valence-electron chi connectivity index (χ4n) is 1.39. The van der Waals surface area contributed by atoms with Crippen molar-refractivity contribution in [1.29, 1.82) is 0 Å². The van der Waals surface area contributed by atoms with Crippen LogP contribution < -0.4 is 4.31 Å². The summed E-state index contributed by atoms with van der Waals surface area (Å²) < 4.78 is 13.6. The first-order chi connectivity index (χ1) is 7.12. The van der Waals surface area contributed by atoms with Gasteiger partial charge in [-0.3, -0.25) is 0 Å². The predicted octanol–water partition coefficient (Wildman–Crippen LogP) is 2.68. The molecule has 0 aromatic heterocycles. The third-order valence-electron chi connectivity index (χ3n) is 2.66. The molecule has 1 aromatic carbocycles. The summed E-state index contributed by atoms with van der Waals surface area (Å²) >= 11 is 0. The molecule has 1 atom stereocenters. The zero-order chi connectivity index (χ0) is 12.6. The lowest BCUT2D eigenvalue weighted by atomic mass is 9.87. The van der Waals surface area contributed by atoms with E-state index < -0.39 is 9.71 Å². The zero-order valence-corrected chi connectivity index (χ0v) is 11.6. The lowest BCUT2D eigenvalue weighted by Crippen LogP contribution is -2.25. The molecule has 0 aliphatic rings. The smallest absolute Gasteiger partial charge is 0.0486 e. The fourth-order valence-corrected chi connectivity index (χ4v) is 1.95. The Labute approximate surface area is 99.4 Å². The lowest BCUT2D eigenvalue weighted by molar-refractivity contribution is 0.590. The molecular formula is C13H21NOS. The molecule has 0 heterocycles. The van der Waals surface area contributed by atoms with Gasteiger partial charge in [0, 0.05) is 28.7 Å². The molecule has 2 nitrogen and oxygen atoms in total. The van der Waals surface area contributed by atoms with Gasteiger partial charge in [0.05, 0.1) is 0 Å². The van der Waals surface area contributed by atoms with Crippen LogP contribution in [0.3, 0.4) is 0 Å².